The molecule has 1 aliphatic heterocycles. The fraction of sp³-hybridized carbons (Fsp3) is 0.500. The van der Waals surface area contributed by atoms with Crippen molar-refractivity contribution in [3.63, 3.8) is 0 Å². The lowest BCUT2D eigenvalue weighted by atomic mass is 10.1. The Labute approximate surface area is 129 Å². The SMILES string of the molecule is O=C1CN(C(=O)CSc2ccc3c(c2)CCC3)CCCN1. The number of carbonyl (C=O) groups is 2. The number of hydrogen-bond donors (Lipinski definition) is 1. The Balaban J connectivity index is 1.56. The summed E-state index contributed by atoms with van der Waals surface area (Å²) in [5.41, 5.74) is 2.89. The Morgan fingerprint density at radius 2 is 2.10 bits per heavy atom. The maximum Gasteiger partial charge on any atom is 0.239 e. The van der Waals surface area contributed by atoms with Crippen LogP contribution in [-0.2, 0) is 22.4 Å². The molecule has 0 atom stereocenters. The van der Waals surface area contributed by atoms with E-state index >= 15 is 0 Å². The van der Waals surface area contributed by atoms with E-state index in [4.69, 9.17) is 0 Å². The summed E-state index contributed by atoms with van der Waals surface area (Å²) in [5.74, 6) is 0.410. The third-order valence-electron chi connectivity index (χ3n) is 4.05. The highest BCUT2D eigenvalue weighted by atomic mass is 32.2. The van der Waals surface area contributed by atoms with Crippen LogP contribution >= 0.6 is 11.8 Å². The normalized spacial score (nSPS) is 18.1. The zero-order valence-electron chi connectivity index (χ0n) is 12.1. The fourth-order valence-electron chi connectivity index (χ4n) is 2.89. The largest absolute Gasteiger partial charge is 0.354 e. The lowest BCUT2D eigenvalue weighted by Gasteiger charge is -2.18. The molecule has 1 fully saturated rings. The molecule has 1 aliphatic carbocycles. The molecule has 112 valence electrons. The first-order chi connectivity index (χ1) is 10.2. The first-order valence-corrected chi connectivity index (χ1v) is 8.50. The number of nitrogens with zero attached hydrogens (tertiary/aromatic N) is 1. The second kappa shape index (κ2) is 6.52. The number of carbonyl (C=O) groups excluding carboxylic acids is 2. The van der Waals surface area contributed by atoms with Crippen LogP contribution in [0.4, 0.5) is 0 Å². The lowest BCUT2D eigenvalue weighted by Crippen LogP contribution is -2.38. The van der Waals surface area contributed by atoms with Crippen molar-refractivity contribution in [3.05, 3.63) is 29.3 Å². The third-order valence-corrected chi connectivity index (χ3v) is 5.02. The van der Waals surface area contributed by atoms with E-state index in [1.165, 1.54) is 24.0 Å². The van der Waals surface area contributed by atoms with E-state index in [-0.39, 0.29) is 18.4 Å². The molecule has 4 nitrogen and oxygen atoms in total. The topological polar surface area (TPSA) is 49.4 Å². The maximum absolute atomic E-state index is 12.2. The summed E-state index contributed by atoms with van der Waals surface area (Å²) in [4.78, 5) is 26.5. The van der Waals surface area contributed by atoms with E-state index in [0.29, 0.717) is 18.8 Å². The average Bonchev–Trinajstić information content (AvgIpc) is 2.84. The summed E-state index contributed by atoms with van der Waals surface area (Å²) in [7, 11) is 0. The van der Waals surface area contributed by atoms with Crippen LogP contribution in [0.1, 0.15) is 24.0 Å². The Hall–Kier alpha value is -1.49. The standard InChI is InChI=1S/C16H20N2O2S/c19-15-10-18(8-2-7-17-15)16(20)11-21-14-6-5-12-3-1-4-13(12)9-14/h5-6,9H,1-4,7-8,10-11H2,(H,17,19). The molecule has 1 aromatic carbocycles. The summed E-state index contributed by atoms with van der Waals surface area (Å²) < 4.78 is 0. The van der Waals surface area contributed by atoms with Gasteiger partial charge in [-0.15, -0.1) is 11.8 Å². The summed E-state index contributed by atoms with van der Waals surface area (Å²) in [6.07, 6.45) is 4.42. The predicted molar refractivity (Wildman–Crippen MR) is 83.4 cm³/mol. The molecule has 0 aromatic heterocycles. The fourth-order valence-corrected chi connectivity index (χ4v) is 3.76. The van der Waals surface area contributed by atoms with E-state index in [1.54, 1.807) is 16.7 Å². The van der Waals surface area contributed by atoms with Crippen molar-refractivity contribution in [1.82, 2.24) is 10.2 Å². The van der Waals surface area contributed by atoms with Crippen LogP contribution < -0.4 is 5.32 Å². The van der Waals surface area contributed by atoms with Crippen molar-refractivity contribution >= 4 is 23.6 Å². The summed E-state index contributed by atoms with van der Waals surface area (Å²) in [6.45, 7) is 1.53. The van der Waals surface area contributed by atoms with Gasteiger partial charge in [0, 0.05) is 18.0 Å². The van der Waals surface area contributed by atoms with Gasteiger partial charge in [0.25, 0.3) is 0 Å². The minimum atomic E-state index is -0.0524. The number of hydrogen-bond acceptors (Lipinski definition) is 3. The van der Waals surface area contributed by atoms with Crippen LogP contribution in [0.15, 0.2) is 23.1 Å². The molecule has 0 saturated carbocycles. The highest BCUT2D eigenvalue weighted by Crippen LogP contribution is 2.27. The van der Waals surface area contributed by atoms with Gasteiger partial charge in [0.05, 0.1) is 12.3 Å². The Kier molecular flexibility index (Phi) is 4.48. The highest BCUT2D eigenvalue weighted by molar-refractivity contribution is 8.00. The number of thioether (sulfide) groups is 1. The number of rotatable bonds is 3. The molecule has 2 aliphatic rings. The molecule has 5 heteroatoms. The van der Waals surface area contributed by atoms with Crippen LogP contribution in [-0.4, -0.2) is 42.1 Å². The molecule has 1 aromatic rings. The van der Waals surface area contributed by atoms with Gasteiger partial charge in [0.1, 0.15) is 0 Å². The van der Waals surface area contributed by atoms with Crippen LogP contribution in [0.2, 0.25) is 0 Å². The maximum atomic E-state index is 12.2. The average molecular weight is 304 g/mol. The van der Waals surface area contributed by atoms with Gasteiger partial charge in [-0.05, 0) is 48.9 Å². The van der Waals surface area contributed by atoms with Crippen molar-refractivity contribution in [3.8, 4) is 0 Å². The quantitative estimate of drug-likeness (QED) is 0.863. The molecule has 0 spiro atoms. The van der Waals surface area contributed by atoms with E-state index < -0.39 is 0 Å². The first-order valence-electron chi connectivity index (χ1n) is 7.51. The molecule has 1 heterocycles. The van der Waals surface area contributed by atoms with Crippen LogP contribution in [0, 0.1) is 0 Å². The van der Waals surface area contributed by atoms with Gasteiger partial charge in [-0.1, -0.05) is 6.07 Å². The molecule has 21 heavy (non-hydrogen) atoms. The van der Waals surface area contributed by atoms with Gasteiger partial charge >= 0.3 is 0 Å². The van der Waals surface area contributed by atoms with Gasteiger partial charge in [-0.3, -0.25) is 9.59 Å². The number of amides is 2. The molecular formula is C16H20N2O2S. The molecular weight excluding hydrogens is 284 g/mol. The molecule has 1 saturated heterocycles. The van der Waals surface area contributed by atoms with Gasteiger partial charge in [-0.2, -0.15) is 0 Å². The molecule has 3 rings (SSSR count). The number of fused-ring (bicyclic) bond motifs is 1. The molecule has 0 bridgehead atoms. The van der Waals surface area contributed by atoms with Crippen LogP contribution in [0.3, 0.4) is 0 Å². The second-order valence-electron chi connectivity index (χ2n) is 5.59. The smallest absolute Gasteiger partial charge is 0.239 e. The van der Waals surface area contributed by atoms with E-state index in [9.17, 15) is 9.59 Å². The zero-order valence-corrected chi connectivity index (χ0v) is 12.9. The van der Waals surface area contributed by atoms with Gasteiger partial charge < -0.3 is 10.2 Å². The van der Waals surface area contributed by atoms with E-state index in [2.05, 4.69) is 23.5 Å². The van der Waals surface area contributed by atoms with Crippen LogP contribution in [0.5, 0.6) is 0 Å². The first kappa shape index (κ1) is 14.4. The van der Waals surface area contributed by atoms with Crippen LogP contribution in [0.25, 0.3) is 0 Å². The van der Waals surface area contributed by atoms with Crippen molar-refractivity contribution in [2.24, 2.45) is 0 Å². The second-order valence-corrected chi connectivity index (χ2v) is 6.64. The summed E-state index contributed by atoms with van der Waals surface area (Å²) in [6, 6.07) is 6.52. The van der Waals surface area contributed by atoms with E-state index in [1.807, 2.05) is 0 Å². The summed E-state index contributed by atoms with van der Waals surface area (Å²) in [5, 5.41) is 2.79. The number of aryl methyl sites for hydroxylation is 2. The Morgan fingerprint density at radius 3 is 3.00 bits per heavy atom. The third kappa shape index (κ3) is 3.59. The Bertz CT molecular complexity index is 559. The molecule has 0 radical (unpaired) electrons. The minimum absolute atomic E-state index is 0.0524. The van der Waals surface area contributed by atoms with Crippen molar-refractivity contribution < 1.29 is 9.59 Å². The number of nitrogens with one attached hydrogen (secondary N) is 1. The minimum Gasteiger partial charge on any atom is -0.354 e. The van der Waals surface area contributed by atoms with Crippen molar-refractivity contribution in [1.29, 1.82) is 0 Å². The van der Waals surface area contributed by atoms with Crippen molar-refractivity contribution in [2.45, 2.75) is 30.6 Å². The number of benzene rings is 1. The van der Waals surface area contributed by atoms with Gasteiger partial charge in [-0.25, -0.2) is 0 Å². The predicted octanol–water partition coefficient (Wildman–Crippen LogP) is 1.62. The molecule has 1 N–H and O–H groups in total. The molecule has 0 unspecified atom stereocenters. The van der Waals surface area contributed by atoms with Crippen molar-refractivity contribution in [2.75, 3.05) is 25.4 Å². The van der Waals surface area contributed by atoms with Gasteiger partial charge in [0.15, 0.2) is 0 Å². The lowest BCUT2D eigenvalue weighted by molar-refractivity contribution is -0.133. The zero-order chi connectivity index (χ0) is 14.7. The summed E-state index contributed by atoms with van der Waals surface area (Å²) >= 11 is 1.57. The highest BCUT2D eigenvalue weighted by Gasteiger charge is 2.20. The monoisotopic (exact) mass is 304 g/mol. The Morgan fingerprint density at radius 1 is 1.24 bits per heavy atom. The molecule has 2 amide bonds. The van der Waals surface area contributed by atoms with Gasteiger partial charge in [0.2, 0.25) is 11.8 Å². The van der Waals surface area contributed by atoms with E-state index in [0.717, 1.165) is 17.7 Å².